The van der Waals surface area contributed by atoms with E-state index >= 15 is 0 Å². The smallest absolute Gasteiger partial charge is 0.252 e. The summed E-state index contributed by atoms with van der Waals surface area (Å²) in [5.41, 5.74) is 8.79. The van der Waals surface area contributed by atoms with Gasteiger partial charge in [0.2, 0.25) is 0 Å². The van der Waals surface area contributed by atoms with Gasteiger partial charge in [0.1, 0.15) is 5.75 Å². The summed E-state index contributed by atoms with van der Waals surface area (Å²) >= 11 is 0. The summed E-state index contributed by atoms with van der Waals surface area (Å²) in [4.78, 5) is 11.4. The van der Waals surface area contributed by atoms with E-state index in [-0.39, 0.29) is 0 Å². The van der Waals surface area contributed by atoms with Crippen LogP contribution in [0.15, 0.2) is 6.07 Å². The Kier molecular flexibility index (Phi) is 3.35. The zero-order valence-corrected chi connectivity index (χ0v) is 9.68. The van der Waals surface area contributed by atoms with Gasteiger partial charge in [-0.05, 0) is 44.4 Å². The summed E-state index contributed by atoms with van der Waals surface area (Å²) in [5.74, 6) is 0.191. The SMILES string of the molecule is CCOc1c(C)cc(C)c(C)c1C(N)=O. The standard InChI is InChI=1S/C12H17NO2/c1-5-15-11-8(3)6-7(2)9(4)10(11)12(13)14/h6H,5H2,1-4H3,(H2,13,14). The molecule has 2 N–H and O–H groups in total. The van der Waals surface area contributed by atoms with Gasteiger partial charge in [0, 0.05) is 0 Å². The average Bonchev–Trinajstić information content (AvgIpc) is 2.14. The molecule has 0 saturated heterocycles. The normalized spacial score (nSPS) is 10.1. The van der Waals surface area contributed by atoms with Crippen LogP contribution in [0.4, 0.5) is 0 Å². The molecule has 0 fully saturated rings. The minimum absolute atomic E-state index is 0.428. The van der Waals surface area contributed by atoms with E-state index in [1.54, 1.807) is 0 Å². The highest BCUT2D eigenvalue weighted by atomic mass is 16.5. The van der Waals surface area contributed by atoms with Gasteiger partial charge in [-0.25, -0.2) is 0 Å². The number of nitrogens with two attached hydrogens (primary N) is 1. The monoisotopic (exact) mass is 207 g/mol. The lowest BCUT2D eigenvalue weighted by atomic mass is 9.98. The highest BCUT2D eigenvalue weighted by molar-refractivity contribution is 5.98. The van der Waals surface area contributed by atoms with Crippen LogP contribution >= 0.6 is 0 Å². The first-order chi connectivity index (χ1) is 6.99. The van der Waals surface area contributed by atoms with Crippen molar-refractivity contribution < 1.29 is 9.53 Å². The van der Waals surface area contributed by atoms with E-state index in [1.165, 1.54) is 0 Å². The third kappa shape index (κ3) is 2.12. The fraction of sp³-hybridized carbons (Fsp3) is 0.417. The Morgan fingerprint density at radius 2 is 1.93 bits per heavy atom. The Hall–Kier alpha value is -1.51. The van der Waals surface area contributed by atoms with Crippen LogP contribution in [0.1, 0.15) is 34.0 Å². The molecule has 1 aromatic carbocycles. The van der Waals surface area contributed by atoms with Crippen molar-refractivity contribution in [3.8, 4) is 5.75 Å². The molecule has 1 amide bonds. The van der Waals surface area contributed by atoms with E-state index in [0.29, 0.717) is 17.9 Å². The van der Waals surface area contributed by atoms with Crippen LogP contribution in [0, 0.1) is 20.8 Å². The zero-order chi connectivity index (χ0) is 11.6. The highest BCUT2D eigenvalue weighted by Gasteiger charge is 2.16. The topological polar surface area (TPSA) is 52.3 Å². The van der Waals surface area contributed by atoms with E-state index in [4.69, 9.17) is 10.5 Å². The minimum Gasteiger partial charge on any atom is -0.493 e. The molecule has 0 heterocycles. The Balaban J connectivity index is 3.47. The number of ether oxygens (including phenoxy) is 1. The molecule has 0 aromatic heterocycles. The molecule has 0 bridgehead atoms. The number of primary amides is 1. The van der Waals surface area contributed by atoms with Gasteiger partial charge >= 0.3 is 0 Å². The van der Waals surface area contributed by atoms with Crippen LogP contribution in [0.2, 0.25) is 0 Å². The molecule has 0 unspecified atom stereocenters. The van der Waals surface area contributed by atoms with Crippen molar-refractivity contribution in [2.75, 3.05) is 6.61 Å². The van der Waals surface area contributed by atoms with Crippen molar-refractivity contribution in [1.82, 2.24) is 0 Å². The number of carbonyl (C=O) groups is 1. The first kappa shape index (κ1) is 11.6. The Morgan fingerprint density at radius 1 is 1.33 bits per heavy atom. The maximum absolute atomic E-state index is 11.4. The van der Waals surface area contributed by atoms with Crippen molar-refractivity contribution in [2.45, 2.75) is 27.7 Å². The summed E-state index contributed by atoms with van der Waals surface area (Å²) in [6, 6.07) is 2.01. The third-order valence-corrected chi connectivity index (χ3v) is 2.52. The molecular weight excluding hydrogens is 190 g/mol. The number of hydrogen-bond donors (Lipinski definition) is 1. The van der Waals surface area contributed by atoms with Crippen LogP contribution in [0.25, 0.3) is 0 Å². The Morgan fingerprint density at radius 3 is 2.40 bits per heavy atom. The predicted molar refractivity (Wildman–Crippen MR) is 60.3 cm³/mol. The lowest BCUT2D eigenvalue weighted by Gasteiger charge is -2.15. The number of aryl methyl sites for hydroxylation is 2. The minimum atomic E-state index is -0.428. The highest BCUT2D eigenvalue weighted by Crippen LogP contribution is 2.28. The summed E-state index contributed by atoms with van der Waals surface area (Å²) in [5, 5.41) is 0. The Labute approximate surface area is 90.2 Å². The second-order valence-corrected chi connectivity index (χ2v) is 3.64. The molecule has 3 heteroatoms. The molecular formula is C12H17NO2. The quantitative estimate of drug-likeness (QED) is 0.825. The lowest BCUT2D eigenvalue weighted by molar-refractivity contribution is 0.0995. The Bertz CT molecular complexity index is 397. The van der Waals surface area contributed by atoms with Crippen LogP contribution in [-0.4, -0.2) is 12.5 Å². The van der Waals surface area contributed by atoms with Gasteiger partial charge in [-0.1, -0.05) is 6.07 Å². The average molecular weight is 207 g/mol. The van der Waals surface area contributed by atoms with Gasteiger partial charge < -0.3 is 10.5 Å². The maximum Gasteiger partial charge on any atom is 0.252 e. The van der Waals surface area contributed by atoms with Gasteiger partial charge in [-0.15, -0.1) is 0 Å². The molecule has 1 aromatic rings. The van der Waals surface area contributed by atoms with E-state index in [0.717, 1.165) is 16.7 Å². The largest absolute Gasteiger partial charge is 0.493 e. The van der Waals surface area contributed by atoms with Crippen molar-refractivity contribution in [3.05, 3.63) is 28.3 Å². The molecule has 0 radical (unpaired) electrons. The maximum atomic E-state index is 11.4. The number of amides is 1. The van der Waals surface area contributed by atoms with Crippen LogP contribution in [0.3, 0.4) is 0 Å². The second kappa shape index (κ2) is 4.34. The number of rotatable bonds is 3. The second-order valence-electron chi connectivity index (χ2n) is 3.64. The molecule has 15 heavy (non-hydrogen) atoms. The first-order valence-corrected chi connectivity index (χ1v) is 5.02. The van der Waals surface area contributed by atoms with Crippen molar-refractivity contribution in [1.29, 1.82) is 0 Å². The third-order valence-electron chi connectivity index (χ3n) is 2.52. The van der Waals surface area contributed by atoms with Gasteiger partial charge in [0.05, 0.1) is 12.2 Å². The van der Waals surface area contributed by atoms with Gasteiger partial charge in [0.15, 0.2) is 0 Å². The zero-order valence-electron chi connectivity index (χ0n) is 9.68. The number of hydrogen-bond acceptors (Lipinski definition) is 2. The summed E-state index contributed by atoms with van der Waals surface area (Å²) < 4.78 is 5.46. The van der Waals surface area contributed by atoms with Crippen molar-refractivity contribution >= 4 is 5.91 Å². The molecule has 3 nitrogen and oxygen atoms in total. The van der Waals surface area contributed by atoms with E-state index in [2.05, 4.69) is 0 Å². The van der Waals surface area contributed by atoms with E-state index in [1.807, 2.05) is 33.8 Å². The molecule has 1 rings (SSSR count). The lowest BCUT2D eigenvalue weighted by Crippen LogP contribution is -2.16. The molecule has 0 aliphatic heterocycles. The fourth-order valence-electron chi connectivity index (χ4n) is 1.69. The predicted octanol–water partition coefficient (Wildman–Crippen LogP) is 2.11. The van der Waals surface area contributed by atoms with E-state index in [9.17, 15) is 4.79 Å². The molecule has 0 spiro atoms. The summed E-state index contributed by atoms with van der Waals surface area (Å²) in [6.07, 6.45) is 0. The van der Waals surface area contributed by atoms with Gasteiger partial charge in [-0.2, -0.15) is 0 Å². The van der Waals surface area contributed by atoms with Crippen molar-refractivity contribution in [3.63, 3.8) is 0 Å². The molecule has 0 aliphatic carbocycles. The van der Waals surface area contributed by atoms with Crippen LogP contribution in [-0.2, 0) is 0 Å². The van der Waals surface area contributed by atoms with Gasteiger partial charge in [-0.3, -0.25) is 4.79 Å². The molecule has 0 saturated carbocycles. The molecule has 0 atom stereocenters. The number of benzene rings is 1. The summed E-state index contributed by atoms with van der Waals surface area (Å²) in [7, 11) is 0. The van der Waals surface area contributed by atoms with E-state index < -0.39 is 5.91 Å². The fourth-order valence-corrected chi connectivity index (χ4v) is 1.69. The molecule has 82 valence electrons. The number of carbonyl (C=O) groups excluding carboxylic acids is 1. The van der Waals surface area contributed by atoms with Crippen LogP contribution < -0.4 is 10.5 Å². The van der Waals surface area contributed by atoms with Crippen molar-refractivity contribution in [2.24, 2.45) is 5.73 Å². The van der Waals surface area contributed by atoms with Gasteiger partial charge in [0.25, 0.3) is 5.91 Å². The first-order valence-electron chi connectivity index (χ1n) is 5.02. The summed E-state index contributed by atoms with van der Waals surface area (Å²) in [6.45, 7) is 8.19. The molecule has 0 aliphatic rings. The van der Waals surface area contributed by atoms with Crippen LogP contribution in [0.5, 0.6) is 5.75 Å².